The highest BCUT2D eigenvalue weighted by molar-refractivity contribution is 6.51. The summed E-state index contributed by atoms with van der Waals surface area (Å²) in [5.74, 6) is -1.23. The summed E-state index contributed by atoms with van der Waals surface area (Å²) >= 11 is 6.33. The Balaban J connectivity index is 2.05. The molecule has 194 valence electrons. The van der Waals surface area contributed by atoms with E-state index >= 15 is 0 Å². The smallest absolute Gasteiger partial charge is 0.300 e. The topological polar surface area (TPSA) is 118 Å². The molecule has 9 nitrogen and oxygen atoms in total. The Morgan fingerprint density at radius 3 is 2.16 bits per heavy atom. The van der Waals surface area contributed by atoms with Crippen LogP contribution in [0.1, 0.15) is 22.7 Å². The van der Waals surface area contributed by atoms with Crippen molar-refractivity contribution in [1.82, 2.24) is 0 Å². The summed E-state index contributed by atoms with van der Waals surface area (Å²) in [6.07, 6.45) is 0. The van der Waals surface area contributed by atoms with E-state index in [1.807, 2.05) is 6.07 Å². The van der Waals surface area contributed by atoms with Gasteiger partial charge in [0.05, 0.1) is 62.3 Å². The maximum atomic E-state index is 13.5. The largest absolute Gasteiger partial charge is 0.507 e. The Hall–Kier alpha value is -4.68. The molecule has 3 aromatic carbocycles. The monoisotopic (exact) mass is 534 g/mol. The second-order valence-corrected chi connectivity index (χ2v) is 8.50. The number of hydrogen-bond acceptors (Lipinski definition) is 8. The number of anilines is 1. The number of rotatable bonds is 7. The second-order valence-electron chi connectivity index (χ2n) is 8.10. The van der Waals surface area contributed by atoms with E-state index in [0.29, 0.717) is 28.3 Å². The van der Waals surface area contributed by atoms with Crippen molar-refractivity contribution in [2.45, 2.75) is 6.04 Å². The summed E-state index contributed by atoms with van der Waals surface area (Å²) < 4.78 is 21.7. The average molecular weight is 535 g/mol. The first-order valence-corrected chi connectivity index (χ1v) is 11.6. The van der Waals surface area contributed by atoms with Gasteiger partial charge in [0.15, 0.2) is 11.5 Å². The van der Waals surface area contributed by atoms with Crippen molar-refractivity contribution in [3.05, 3.63) is 81.9 Å². The molecule has 10 heteroatoms. The predicted molar refractivity (Wildman–Crippen MR) is 140 cm³/mol. The van der Waals surface area contributed by atoms with Gasteiger partial charge >= 0.3 is 0 Å². The Morgan fingerprint density at radius 2 is 1.58 bits per heavy atom. The van der Waals surface area contributed by atoms with Gasteiger partial charge in [-0.3, -0.25) is 14.5 Å². The SMILES string of the molecule is COc1cc(OC)c(/C(O)=C2\C(=O)C(=O)N(c3ccc(C#N)cc3)C2c2cccc(OC)c2OC)cc1Cl. The van der Waals surface area contributed by atoms with Gasteiger partial charge in [-0.25, -0.2) is 0 Å². The lowest BCUT2D eigenvalue weighted by Crippen LogP contribution is -2.29. The molecule has 3 aromatic rings. The second kappa shape index (κ2) is 10.7. The fourth-order valence-corrected chi connectivity index (χ4v) is 4.65. The number of para-hydroxylation sites is 1. The van der Waals surface area contributed by atoms with Gasteiger partial charge in [0, 0.05) is 17.3 Å². The maximum Gasteiger partial charge on any atom is 0.300 e. The van der Waals surface area contributed by atoms with Crippen LogP contribution in [0.3, 0.4) is 0 Å². The zero-order chi connectivity index (χ0) is 27.6. The molecule has 0 saturated carbocycles. The number of halogens is 1. The van der Waals surface area contributed by atoms with Gasteiger partial charge in [0.2, 0.25) is 0 Å². The van der Waals surface area contributed by atoms with E-state index in [0.717, 1.165) is 0 Å². The fourth-order valence-electron chi connectivity index (χ4n) is 4.41. The number of nitrogens with zero attached hydrogens (tertiary/aromatic N) is 2. The van der Waals surface area contributed by atoms with Gasteiger partial charge in [-0.2, -0.15) is 5.26 Å². The van der Waals surface area contributed by atoms with Gasteiger partial charge in [-0.05, 0) is 36.4 Å². The molecule has 1 amide bonds. The van der Waals surface area contributed by atoms with E-state index in [4.69, 9.17) is 30.5 Å². The number of nitriles is 1. The molecule has 1 N–H and O–H groups in total. The van der Waals surface area contributed by atoms with Crippen LogP contribution in [-0.4, -0.2) is 45.2 Å². The number of aliphatic hydroxyl groups is 1. The van der Waals surface area contributed by atoms with Gasteiger partial charge < -0.3 is 24.1 Å². The molecule has 1 aliphatic rings. The van der Waals surface area contributed by atoms with E-state index in [1.54, 1.807) is 30.3 Å². The lowest BCUT2D eigenvalue weighted by Gasteiger charge is -2.27. The molecule has 1 unspecified atom stereocenters. The van der Waals surface area contributed by atoms with Crippen LogP contribution in [0.4, 0.5) is 5.69 Å². The zero-order valence-corrected chi connectivity index (χ0v) is 21.7. The van der Waals surface area contributed by atoms with E-state index in [1.165, 1.54) is 57.6 Å². The molecule has 1 saturated heterocycles. The van der Waals surface area contributed by atoms with Crippen molar-refractivity contribution >= 4 is 34.7 Å². The first-order chi connectivity index (χ1) is 18.3. The molecule has 0 aromatic heterocycles. The van der Waals surface area contributed by atoms with Crippen molar-refractivity contribution in [2.75, 3.05) is 33.3 Å². The highest BCUT2D eigenvalue weighted by atomic mass is 35.5. The number of aliphatic hydroxyl groups excluding tert-OH is 1. The number of carbonyl (C=O) groups is 2. The number of ketones is 1. The van der Waals surface area contributed by atoms with Crippen molar-refractivity contribution < 1.29 is 33.6 Å². The number of ether oxygens (including phenoxy) is 4. The quantitative estimate of drug-likeness (QED) is 0.259. The summed E-state index contributed by atoms with van der Waals surface area (Å²) in [5, 5.41) is 20.9. The Bertz CT molecular complexity index is 1490. The van der Waals surface area contributed by atoms with Crippen molar-refractivity contribution in [3.8, 4) is 29.1 Å². The Kier molecular flexibility index (Phi) is 7.46. The highest BCUT2D eigenvalue weighted by Gasteiger charge is 2.48. The van der Waals surface area contributed by atoms with Crippen LogP contribution in [0.15, 0.2) is 60.2 Å². The minimum atomic E-state index is -1.13. The molecule has 0 radical (unpaired) electrons. The van der Waals surface area contributed by atoms with Crippen LogP contribution in [0.25, 0.3) is 5.76 Å². The van der Waals surface area contributed by atoms with E-state index in [9.17, 15) is 20.0 Å². The minimum absolute atomic E-state index is 0.0861. The van der Waals surface area contributed by atoms with E-state index in [2.05, 4.69) is 0 Å². The third kappa shape index (κ3) is 4.35. The van der Waals surface area contributed by atoms with Crippen molar-refractivity contribution in [1.29, 1.82) is 5.26 Å². The summed E-state index contributed by atoms with van der Waals surface area (Å²) in [7, 11) is 5.71. The summed E-state index contributed by atoms with van der Waals surface area (Å²) in [6.45, 7) is 0. The van der Waals surface area contributed by atoms with Crippen LogP contribution in [0.5, 0.6) is 23.0 Å². The molecule has 0 spiro atoms. The van der Waals surface area contributed by atoms with Crippen LogP contribution in [-0.2, 0) is 9.59 Å². The predicted octanol–water partition coefficient (Wildman–Crippen LogP) is 4.87. The number of methoxy groups -OCH3 is 4. The molecule has 38 heavy (non-hydrogen) atoms. The Morgan fingerprint density at radius 1 is 0.921 bits per heavy atom. The molecular weight excluding hydrogens is 512 g/mol. The van der Waals surface area contributed by atoms with Gasteiger partial charge in [-0.1, -0.05) is 23.7 Å². The van der Waals surface area contributed by atoms with Crippen LogP contribution in [0.2, 0.25) is 5.02 Å². The summed E-state index contributed by atoms with van der Waals surface area (Å²) in [6, 6.07) is 14.9. The van der Waals surface area contributed by atoms with Gasteiger partial charge in [-0.15, -0.1) is 0 Å². The molecule has 0 aliphatic carbocycles. The first kappa shape index (κ1) is 26.4. The Labute approximate surface area is 224 Å². The third-order valence-electron chi connectivity index (χ3n) is 6.18. The van der Waals surface area contributed by atoms with Crippen LogP contribution >= 0.6 is 11.6 Å². The number of amides is 1. The number of benzene rings is 3. The highest BCUT2D eigenvalue weighted by Crippen LogP contribution is 2.48. The molecule has 1 atom stereocenters. The standard InChI is InChI=1S/C28H23ClN2O7/c1-35-20-7-5-6-17(27(20)38-4)24-23(25(32)18-12-19(29)22(37-3)13-21(18)36-2)26(33)28(34)31(24)16-10-8-15(14-30)9-11-16/h5-13,24,32H,1-4H3/b25-23+. The summed E-state index contributed by atoms with van der Waals surface area (Å²) in [5.41, 5.74) is 0.960. The van der Waals surface area contributed by atoms with Gasteiger partial charge in [0.1, 0.15) is 17.3 Å². The van der Waals surface area contributed by atoms with Gasteiger partial charge in [0.25, 0.3) is 11.7 Å². The van der Waals surface area contributed by atoms with Crippen LogP contribution in [0, 0.1) is 11.3 Å². The lowest BCUT2D eigenvalue weighted by atomic mass is 9.93. The molecule has 1 fully saturated rings. The van der Waals surface area contributed by atoms with Crippen molar-refractivity contribution in [2.24, 2.45) is 0 Å². The van der Waals surface area contributed by atoms with E-state index in [-0.39, 0.29) is 27.7 Å². The summed E-state index contributed by atoms with van der Waals surface area (Å²) in [4.78, 5) is 28.3. The van der Waals surface area contributed by atoms with Crippen LogP contribution < -0.4 is 23.8 Å². The third-order valence-corrected chi connectivity index (χ3v) is 6.47. The molecule has 4 rings (SSSR count). The number of carbonyl (C=O) groups excluding carboxylic acids is 2. The fraction of sp³-hybridized carbons (Fsp3) is 0.179. The lowest BCUT2D eigenvalue weighted by molar-refractivity contribution is -0.132. The number of hydrogen-bond donors (Lipinski definition) is 1. The normalized spacial score (nSPS) is 16.2. The molecule has 1 aliphatic heterocycles. The first-order valence-electron chi connectivity index (χ1n) is 11.2. The average Bonchev–Trinajstić information content (AvgIpc) is 3.21. The number of Topliss-reactive ketones (excluding diaryl/α,β-unsaturated/α-hetero) is 1. The maximum absolute atomic E-state index is 13.5. The van der Waals surface area contributed by atoms with E-state index < -0.39 is 23.5 Å². The molecule has 0 bridgehead atoms. The minimum Gasteiger partial charge on any atom is -0.507 e. The molecule has 1 heterocycles. The molecular formula is C28H23ClN2O7. The van der Waals surface area contributed by atoms with Crippen molar-refractivity contribution in [3.63, 3.8) is 0 Å². The zero-order valence-electron chi connectivity index (χ0n) is 20.9.